The second-order valence-electron chi connectivity index (χ2n) is 5.85. The van der Waals surface area contributed by atoms with Crippen LogP contribution in [0, 0.1) is 5.82 Å². The number of methoxy groups -OCH3 is 1. The first-order chi connectivity index (χ1) is 14.2. The number of rotatable bonds is 5. The SMILES string of the molecule is COc1c(Cl)ccc(-c2nc(N)c(Cl)c(C(=O)OCc3cc(Cl)ccc3Cl)n2)c1F. The van der Waals surface area contributed by atoms with E-state index in [1.165, 1.54) is 19.2 Å². The van der Waals surface area contributed by atoms with Gasteiger partial charge in [-0.1, -0.05) is 46.4 Å². The fourth-order valence-electron chi connectivity index (χ4n) is 2.48. The Bertz CT molecular complexity index is 1140. The lowest BCUT2D eigenvalue weighted by molar-refractivity contribution is 0.0466. The minimum absolute atomic E-state index is 0.0544. The summed E-state index contributed by atoms with van der Waals surface area (Å²) < 4.78 is 24.9. The Balaban J connectivity index is 1.96. The van der Waals surface area contributed by atoms with E-state index in [1.807, 2.05) is 0 Å². The summed E-state index contributed by atoms with van der Waals surface area (Å²) in [5.41, 5.74) is 5.83. The molecule has 0 amide bonds. The molecule has 0 radical (unpaired) electrons. The summed E-state index contributed by atoms with van der Waals surface area (Å²) in [6.07, 6.45) is 0. The van der Waals surface area contributed by atoms with E-state index in [0.29, 0.717) is 15.6 Å². The van der Waals surface area contributed by atoms with Gasteiger partial charge in [0.2, 0.25) is 0 Å². The number of anilines is 1. The summed E-state index contributed by atoms with van der Waals surface area (Å²) in [4.78, 5) is 20.5. The van der Waals surface area contributed by atoms with Crippen LogP contribution in [0.2, 0.25) is 20.1 Å². The van der Waals surface area contributed by atoms with Crippen molar-refractivity contribution in [3.05, 3.63) is 67.5 Å². The van der Waals surface area contributed by atoms with Gasteiger partial charge in [-0.2, -0.15) is 0 Å². The molecule has 0 aliphatic heterocycles. The first kappa shape index (κ1) is 22.4. The first-order valence-corrected chi connectivity index (χ1v) is 9.70. The van der Waals surface area contributed by atoms with Crippen molar-refractivity contribution in [1.82, 2.24) is 9.97 Å². The molecule has 0 aliphatic rings. The predicted molar refractivity (Wildman–Crippen MR) is 114 cm³/mol. The molecule has 30 heavy (non-hydrogen) atoms. The molecule has 3 aromatic rings. The topological polar surface area (TPSA) is 87.3 Å². The first-order valence-electron chi connectivity index (χ1n) is 8.19. The molecule has 0 bridgehead atoms. The smallest absolute Gasteiger partial charge is 0.359 e. The number of ether oxygens (including phenoxy) is 2. The van der Waals surface area contributed by atoms with E-state index in [4.69, 9.17) is 61.6 Å². The van der Waals surface area contributed by atoms with Gasteiger partial charge in [-0.25, -0.2) is 19.2 Å². The molecule has 0 saturated carbocycles. The number of carbonyl (C=O) groups excluding carboxylic acids is 1. The zero-order valence-electron chi connectivity index (χ0n) is 15.2. The molecule has 0 aliphatic carbocycles. The van der Waals surface area contributed by atoms with Gasteiger partial charge in [-0.05, 0) is 30.3 Å². The van der Waals surface area contributed by atoms with E-state index in [1.54, 1.807) is 18.2 Å². The monoisotopic (exact) mass is 489 g/mol. The summed E-state index contributed by atoms with van der Waals surface area (Å²) in [6, 6.07) is 7.43. The van der Waals surface area contributed by atoms with E-state index in [9.17, 15) is 9.18 Å². The highest BCUT2D eigenvalue weighted by Gasteiger charge is 2.23. The number of hydrogen-bond acceptors (Lipinski definition) is 6. The molecule has 2 aromatic carbocycles. The van der Waals surface area contributed by atoms with Crippen molar-refractivity contribution in [3.8, 4) is 17.1 Å². The van der Waals surface area contributed by atoms with Gasteiger partial charge in [0.1, 0.15) is 17.4 Å². The molecule has 0 fully saturated rings. The number of nitrogens with two attached hydrogens (primary N) is 1. The van der Waals surface area contributed by atoms with Gasteiger partial charge in [-0.3, -0.25) is 0 Å². The largest absolute Gasteiger partial charge is 0.492 e. The molecule has 2 N–H and O–H groups in total. The molecule has 156 valence electrons. The Labute approximate surface area is 190 Å². The lowest BCUT2D eigenvalue weighted by Gasteiger charge is -2.12. The maximum Gasteiger partial charge on any atom is 0.359 e. The standard InChI is InChI=1S/C19H12Cl4FN3O3/c1-29-16-12(22)5-3-10(14(16)24)18-26-15(13(23)17(25)27-18)19(28)30-7-8-6-9(20)2-4-11(8)21/h2-6H,7H2,1H3,(H2,25,26,27). The summed E-state index contributed by atoms with van der Waals surface area (Å²) in [5, 5.41) is 0.599. The van der Waals surface area contributed by atoms with Crippen LogP contribution in [0.3, 0.4) is 0 Å². The van der Waals surface area contributed by atoms with Crippen LogP contribution in [0.15, 0.2) is 30.3 Å². The molecular formula is C19H12Cl4FN3O3. The zero-order valence-corrected chi connectivity index (χ0v) is 18.2. The van der Waals surface area contributed by atoms with Gasteiger partial charge in [0.05, 0.1) is 17.7 Å². The molecule has 3 rings (SSSR count). The van der Waals surface area contributed by atoms with Gasteiger partial charge in [-0.15, -0.1) is 0 Å². The predicted octanol–water partition coefficient (Wildman–Crippen LogP) is 5.84. The summed E-state index contributed by atoms with van der Waals surface area (Å²) in [7, 11) is 1.26. The van der Waals surface area contributed by atoms with Crippen molar-refractivity contribution in [2.24, 2.45) is 0 Å². The highest BCUT2D eigenvalue weighted by Crippen LogP contribution is 2.35. The van der Waals surface area contributed by atoms with E-state index in [0.717, 1.165) is 0 Å². The van der Waals surface area contributed by atoms with Crippen molar-refractivity contribution >= 4 is 58.2 Å². The van der Waals surface area contributed by atoms with Crippen LogP contribution in [0.1, 0.15) is 16.1 Å². The van der Waals surface area contributed by atoms with E-state index in [2.05, 4.69) is 9.97 Å². The Morgan fingerprint density at radius 3 is 2.50 bits per heavy atom. The van der Waals surface area contributed by atoms with Crippen LogP contribution in [0.25, 0.3) is 11.4 Å². The van der Waals surface area contributed by atoms with Crippen LogP contribution in [0.4, 0.5) is 10.2 Å². The third-order valence-corrected chi connectivity index (χ3v) is 5.20. The summed E-state index contributed by atoms with van der Waals surface area (Å²) in [6.45, 7) is -0.197. The molecular weight excluding hydrogens is 479 g/mol. The lowest BCUT2D eigenvalue weighted by atomic mass is 10.1. The fraction of sp³-hybridized carbons (Fsp3) is 0.105. The van der Waals surface area contributed by atoms with E-state index in [-0.39, 0.29) is 45.3 Å². The molecule has 11 heteroatoms. The highest BCUT2D eigenvalue weighted by atomic mass is 35.5. The second-order valence-corrected chi connectivity index (χ2v) is 7.48. The van der Waals surface area contributed by atoms with Gasteiger partial charge >= 0.3 is 5.97 Å². The van der Waals surface area contributed by atoms with Crippen LogP contribution < -0.4 is 10.5 Å². The number of carbonyl (C=O) groups is 1. The normalized spacial score (nSPS) is 10.7. The highest BCUT2D eigenvalue weighted by molar-refractivity contribution is 6.35. The average Bonchev–Trinajstić information content (AvgIpc) is 2.71. The van der Waals surface area contributed by atoms with Gasteiger partial charge in [0.25, 0.3) is 0 Å². The van der Waals surface area contributed by atoms with Crippen molar-refractivity contribution in [3.63, 3.8) is 0 Å². The molecule has 6 nitrogen and oxygen atoms in total. The maximum atomic E-state index is 14.7. The van der Waals surface area contributed by atoms with Crippen LogP contribution >= 0.6 is 46.4 Å². The summed E-state index contributed by atoms with van der Waals surface area (Å²) >= 11 is 24.0. The van der Waals surface area contributed by atoms with Crippen molar-refractivity contribution in [2.75, 3.05) is 12.8 Å². The van der Waals surface area contributed by atoms with E-state index >= 15 is 0 Å². The summed E-state index contributed by atoms with van der Waals surface area (Å²) in [5.74, 6) is -2.37. The number of benzene rings is 2. The number of nitrogens with zero attached hydrogens (tertiary/aromatic N) is 2. The zero-order chi connectivity index (χ0) is 22.0. The number of esters is 1. The quantitative estimate of drug-likeness (QED) is 0.451. The van der Waals surface area contributed by atoms with Crippen LogP contribution in [0.5, 0.6) is 5.75 Å². The van der Waals surface area contributed by atoms with Crippen molar-refractivity contribution in [2.45, 2.75) is 6.61 Å². The lowest BCUT2D eigenvalue weighted by Crippen LogP contribution is -2.12. The second kappa shape index (κ2) is 9.22. The van der Waals surface area contributed by atoms with Crippen molar-refractivity contribution < 1.29 is 18.7 Å². The number of aromatic nitrogens is 2. The molecule has 0 saturated heterocycles. The molecule has 0 spiro atoms. The van der Waals surface area contributed by atoms with Crippen LogP contribution in [-0.4, -0.2) is 23.0 Å². The fourth-order valence-corrected chi connectivity index (χ4v) is 3.23. The molecule has 1 heterocycles. The van der Waals surface area contributed by atoms with Gasteiger partial charge in [0.15, 0.2) is 23.1 Å². The molecule has 1 aromatic heterocycles. The third-order valence-electron chi connectivity index (χ3n) is 3.93. The van der Waals surface area contributed by atoms with Crippen LogP contribution in [-0.2, 0) is 11.3 Å². The maximum absolute atomic E-state index is 14.7. The molecule has 0 atom stereocenters. The van der Waals surface area contributed by atoms with Crippen molar-refractivity contribution in [1.29, 1.82) is 0 Å². The minimum Gasteiger partial charge on any atom is -0.492 e. The number of nitrogen functional groups attached to an aromatic ring is 1. The number of halogens is 5. The Morgan fingerprint density at radius 1 is 1.10 bits per heavy atom. The Kier molecular flexibility index (Phi) is 6.88. The average molecular weight is 491 g/mol. The Hall–Kier alpha value is -2.32. The third kappa shape index (κ3) is 4.54. The van der Waals surface area contributed by atoms with E-state index < -0.39 is 11.8 Å². The van der Waals surface area contributed by atoms with Gasteiger partial charge in [0, 0.05) is 15.6 Å². The molecule has 0 unspecified atom stereocenters. The minimum atomic E-state index is -0.910. The number of hydrogen-bond donors (Lipinski definition) is 1. The van der Waals surface area contributed by atoms with Gasteiger partial charge < -0.3 is 15.2 Å². The Morgan fingerprint density at radius 2 is 1.80 bits per heavy atom.